The fourth-order valence-electron chi connectivity index (χ4n) is 2.25. The average Bonchev–Trinajstić information content (AvgIpc) is 2.47. The minimum atomic E-state index is -0.346. The summed E-state index contributed by atoms with van der Waals surface area (Å²) in [5.74, 6) is 2.18. The van der Waals surface area contributed by atoms with Crippen LogP contribution < -0.4 is 10.2 Å². The van der Waals surface area contributed by atoms with Gasteiger partial charge in [0.05, 0.1) is 4.92 Å². The van der Waals surface area contributed by atoms with Gasteiger partial charge in [0.15, 0.2) is 0 Å². The second-order valence-electron chi connectivity index (χ2n) is 4.67. The zero-order chi connectivity index (χ0) is 14.5. The van der Waals surface area contributed by atoms with Crippen LogP contribution in [-0.2, 0) is 0 Å². The van der Waals surface area contributed by atoms with Gasteiger partial charge in [-0.1, -0.05) is 6.92 Å². The number of nitrogens with one attached hydrogen (secondary N) is 1. The Labute approximate surface area is 123 Å². The lowest BCUT2D eigenvalue weighted by atomic mass is 10.2. The van der Waals surface area contributed by atoms with Crippen LogP contribution in [0.5, 0.6) is 0 Å². The van der Waals surface area contributed by atoms with E-state index in [-0.39, 0.29) is 10.6 Å². The highest BCUT2D eigenvalue weighted by Gasteiger charge is 2.26. The molecule has 1 fully saturated rings. The van der Waals surface area contributed by atoms with Gasteiger partial charge in [0.1, 0.15) is 5.82 Å². The Kier molecular flexibility index (Phi) is 5.05. The van der Waals surface area contributed by atoms with E-state index in [9.17, 15) is 10.1 Å². The molecule has 2 heterocycles. The molecule has 1 aliphatic heterocycles. The number of aromatic nitrogens is 1. The molecule has 1 N–H and O–H groups in total. The molecule has 0 aromatic carbocycles. The van der Waals surface area contributed by atoms with Gasteiger partial charge < -0.3 is 10.2 Å². The van der Waals surface area contributed by atoms with E-state index in [1.807, 2.05) is 23.6 Å². The summed E-state index contributed by atoms with van der Waals surface area (Å²) in [5, 5.41) is 14.8. The molecule has 110 valence electrons. The molecule has 0 amide bonds. The molecule has 0 aliphatic carbocycles. The normalized spacial score (nSPS) is 18.9. The highest BCUT2D eigenvalue weighted by Crippen LogP contribution is 2.31. The Hall–Kier alpha value is -1.50. The maximum atomic E-state index is 11.2. The van der Waals surface area contributed by atoms with Crippen LogP contribution in [0.3, 0.4) is 0 Å². The molecular formula is C13H20N4O2S. The minimum absolute atomic E-state index is 0.0911. The molecule has 0 spiro atoms. The summed E-state index contributed by atoms with van der Waals surface area (Å²) in [5.41, 5.74) is 0.0911. The van der Waals surface area contributed by atoms with Crippen LogP contribution >= 0.6 is 11.8 Å². The number of pyridine rings is 1. The van der Waals surface area contributed by atoms with Gasteiger partial charge in [0.25, 0.3) is 0 Å². The number of nitro groups is 1. The zero-order valence-electron chi connectivity index (χ0n) is 11.8. The third-order valence-corrected chi connectivity index (χ3v) is 4.67. The molecule has 1 aromatic rings. The average molecular weight is 296 g/mol. The van der Waals surface area contributed by atoms with Crippen molar-refractivity contribution in [1.82, 2.24) is 4.98 Å². The number of hydrogen-bond donors (Lipinski definition) is 1. The van der Waals surface area contributed by atoms with E-state index in [0.717, 1.165) is 31.8 Å². The third-order valence-electron chi connectivity index (χ3n) is 3.30. The molecule has 7 heteroatoms. The fraction of sp³-hybridized carbons (Fsp3) is 0.615. The lowest BCUT2D eigenvalue weighted by Gasteiger charge is -2.32. The summed E-state index contributed by atoms with van der Waals surface area (Å²) in [6.07, 6.45) is 1.07. The Balaban J connectivity index is 2.31. The van der Waals surface area contributed by atoms with Crippen LogP contribution in [0.1, 0.15) is 20.3 Å². The highest BCUT2D eigenvalue weighted by molar-refractivity contribution is 8.00. The third kappa shape index (κ3) is 3.33. The van der Waals surface area contributed by atoms with E-state index in [1.54, 1.807) is 12.1 Å². The SMILES string of the molecule is CCNc1ccc([N+](=O)[O-])c(N2CCSC(CC)C2)n1. The van der Waals surface area contributed by atoms with E-state index in [2.05, 4.69) is 17.2 Å². The summed E-state index contributed by atoms with van der Waals surface area (Å²) in [4.78, 5) is 17.3. The topological polar surface area (TPSA) is 71.3 Å². The number of thioether (sulfide) groups is 1. The number of rotatable bonds is 5. The van der Waals surface area contributed by atoms with Gasteiger partial charge >= 0.3 is 5.69 Å². The predicted octanol–water partition coefficient (Wildman–Crippen LogP) is 2.75. The molecule has 0 saturated carbocycles. The van der Waals surface area contributed by atoms with Gasteiger partial charge in [-0.15, -0.1) is 0 Å². The van der Waals surface area contributed by atoms with E-state index in [4.69, 9.17) is 0 Å². The quantitative estimate of drug-likeness (QED) is 0.665. The van der Waals surface area contributed by atoms with Gasteiger partial charge in [0.2, 0.25) is 5.82 Å². The Bertz CT molecular complexity index is 483. The van der Waals surface area contributed by atoms with Crippen molar-refractivity contribution in [3.05, 3.63) is 22.2 Å². The Morgan fingerprint density at radius 1 is 1.55 bits per heavy atom. The molecule has 1 aromatic heterocycles. The molecular weight excluding hydrogens is 276 g/mol. The summed E-state index contributed by atoms with van der Waals surface area (Å²) < 4.78 is 0. The second-order valence-corrected chi connectivity index (χ2v) is 6.08. The van der Waals surface area contributed by atoms with Crippen molar-refractivity contribution < 1.29 is 4.92 Å². The fourth-order valence-corrected chi connectivity index (χ4v) is 3.43. The van der Waals surface area contributed by atoms with Crippen molar-refractivity contribution in [3.63, 3.8) is 0 Å². The number of hydrogen-bond acceptors (Lipinski definition) is 6. The van der Waals surface area contributed by atoms with Crippen LogP contribution in [0.2, 0.25) is 0 Å². The van der Waals surface area contributed by atoms with Crippen molar-refractivity contribution in [3.8, 4) is 0 Å². The molecule has 0 bridgehead atoms. The second kappa shape index (κ2) is 6.78. The standard InChI is InChI=1S/C13H20N4O2S/c1-3-10-9-16(7-8-20-10)13-11(17(18)19)5-6-12(15-13)14-4-2/h5-6,10H,3-4,7-9H2,1-2H3,(H,14,15). The zero-order valence-corrected chi connectivity index (χ0v) is 12.7. The first-order valence-electron chi connectivity index (χ1n) is 6.91. The van der Waals surface area contributed by atoms with Crippen LogP contribution in [0, 0.1) is 10.1 Å². The monoisotopic (exact) mass is 296 g/mol. The molecule has 6 nitrogen and oxygen atoms in total. The number of nitrogens with zero attached hydrogens (tertiary/aromatic N) is 3. The van der Waals surface area contributed by atoms with E-state index < -0.39 is 0 Å². The van der Waals surface area contributed by atoms with Crippen molar-refractivity contribution in [2.75, 3.05) is 35.6 Å². The largest absolute Gasteiger partial charge is 0.370 e. The summed E-state index contributed by atoms with van der Waals surface area (Å²) in [7, 11) is 0. The van der Waals surface area contributed by atoms with Crippen molar-refractivity contribution >= 4 is 29.1 Å². The maximum absolute atomic E-state index is 11.2. The molecule has 1 saturated heterocycles. The first-order chi connectivity index (χ1) is 9.65. The van der Waals surface area contributed by atoms with Crippen molar-refractivity contribution in [2.24, 2.45) is 0 Å². The first-order valence-corrected chi connectivity index (χ1v) is 7.96. The van der Waals surface area contributed by atoms with Gasteiger partial charge in [-0.25, -0.2) is 4.98 Å². The predicted molar refractivity (Wildman–Crippen MR) is 83.8 cm³/mol. The molecule has 1 unspecified atom stereocenters. The maximum Gasteiger partial charge on any atom is 0.311 e. The molecule has 0 radical (unpaired) electrons. The minimum Gasteiger partial charge on any atom is -0.370 e. The van der Waals surface area contributed by atoms with Crippen molar-refractivity contribution in [2.45, 2.75) is 25.5 Å². The summed E-state index contributed by atoms with van der Waals surface area (Å²) >= 11 is 1.94. The Morgan fingerprint density at radius 3 is 3.00 bits per heavy atom. The van der Waals surface area contributed by atoms with Gasteiger partial charge in [-0.05, 0) is 19.4 Å². The Morgan fingerprint density at radius 2 is 2.35 bits per heavy atom. The molecule has 1 atom stereocenters. The van der Waals surface area contributed by atoms with E-state index in [1.165, 1.54) is 0 Å². The van der Waals surface area contributed by atoms with E-state index >= 15 is 0 Å². The summed E-state index contributed by atoms with van der Waals surface area (Å²) in [6.45, 7) is 6.51. The molecule has 1 aliphatic rings. The molecule has 20 heavy (non-hydrogen) atoms. The highest BCUT2D eigenvalue weighted by atomic mass is 32.2. The lowest BCUT2D eigenvalue weighted by Crippen LogP contribution is -2.38. The van der Waals surface area contributed by atoms with Crippen LogP contribution in [0.25, 0.3) is 0 Å². The number of anilines is 2. The van der Waals surface area contributed by atoms with Gasteiger partial charge in [0, 0.05) is 36.7 Å². The van der Waals surface area contributed by atoms with Gasteiger partial charge in [-0.2, -0.15) is 11.8 Å². The van der Waals surface area contributed by atoms with E-state index in [0.29, 0.717) is 16.9 Å². The lowest BCUT2D eigenvalue weighted by molar-refractivity contribution is -0.384. The van der Waals surface area contributed by atoms with Crippen LogP contribution in [0.15, 0.2) is 12.1 Å². The molecule has 2 rings (SSSR count). The summed E-state index contributed by atoms with van der Waals surface area (Å²) in [6, 6.07) is 3.21. The van der Waals surface area contributed by atoms with Gasteiger partial charge in [-0.3, -0.25) is 10.1 Å². The van der Waals surface area contributed by atoms with Crippen LogP contribution in [0.4, 0.5) is 17.3 Å². The smallest absolute Gasteiger partial charge is 0.311 e. The van der Waals surface area contributed by atoms with Crippen LogP contribution in [-0.4, -0.2) is 40.5 Å². The first kappa shape index (κ1) is 14.9. The van der Waals surface area contributed by atoms with Crippen molar-refractivity contribution in [1.29, 1.82) is 0 Å².